The number of hydrogen-bond donors (Lipinski definition) is 3. The van der Waals surface area contributed by atoms with Crippen LogP contribution in [0, 0.1) is 12.7 Å². The second kappa shape index (κ2) is 11.2. The van der Waals surface area contributed by atoms with E-state index in [1.165, 1.54) is 28.4 Å². The van der Waals surface area contributed by atoms with E-state index in [2.05, 4.69) is 28.1 Å². The molecule has 5 rings (SSSR count). The van der Waals surface area contributed by atoms with Gasteiger partial charge in [0.2, 0.25) is 11.8 Å². The Morgan fingerprint density at radius 1 is 1.27 bits per heavy atom. The number of benzene rings is 2. The van der Waals surface area contributed by atoms with Crippen LogP contribution in [0.25, 0.3) is 10.2 Å². The zero-order chi connectivity index (χ0) is 29.5. The molecule has 1 unspecified atom stereocenters. The quantitative estimate of drug-likeness (QED) is 0.271. The molecule has 0 saturated carbocycles. The van der Waals surface area contributed by atoms with E-state index in [1.807, 2.05) is 27.7 Å². The molecule has 1 saturated heterocycles. The van der Waals surface area contributed by atoms with E-state index in [0.29, 0.717) is 18.2 Å². The summed E-state index contributed by atoms with van der Waals surface area (Å²) in [6.07, 6.45) is 1.00. The van der Waals surface area contributed by atoms with E-state index in [-0.39, 0.29) is 36.2 Å². The van der Waals surface area contributed by atoms with Gasteiger partial charge < -0.3 is 20.3 Å². The molecule has 0 radical (unpaired) electrons. The minimum atomic E-state index is -0.870. The lowest BCUT2D eigenvalue weighted by molar-refractivity contribution is -0.136. The number of ether oxygens (including phenoxy) is 1. The van der Waals surface area contributed by atoms with Crippen molar-refractivity contribution < 1.29 is 28.3 Å². The SMILES string of the molecule is CCOCCc1cc(C)cc2sc(C(C)(C)NC(=O)Nc3ccc4c(c3F)CN(C3CCC(=O)NC3=O)C4=O)nc12. The summed E-state index contributed by atoms with van der Waals surface area (Å²) >= 11 is 1.49. The third kappa shape index (κ3) is 5.66. The summed E-state index contributed by atoms with van der Waals surface area (Å²) in [5.74, 6) is -2.20. The predicted molar refractivity (Wildman–Crippen MR) is 152 cm³/mol. The number of thiazole rings is 1. The van der Waals surface area contributed by atoms with E-state index < -0.39 is 41.2 Å². The number of fused-ring (bicyclic) bond motifs is 2. The Bertz CT molecular complexity index is 1570. The number of halogens is 1. The smallest absolute Gasteiger partial charge is 0.320 e. The molecule has 1 fully saturated rings. The maximum absolute atomic E-state index is 15.5. The van der Waals surface area contributed by atoms with Gasteiger partial charge in [0, 0.05) is 24.2 Å². The maximum atomic E-state index is 15.5. The fourth-order valence-corrected chi connectivity index (χ4v) is 6.40. The first kappa shape index (κ1) is 28.6. The molecule has 216 valence electrons. The third-order valence-electron chi connectivity index (χ3n) is 7.30. The zero-order valence-electron chi connectivity index (χ0n) is 23.4. The molecule has 1 atom stereocenters. The van der Waals surface area contributed by atoms with Gasteiger partial charge in [-0.1, -0.05) is 6.07 Å². The van der Waals surface area contributed by atoms with Crippen molar-refractivity contribution in [1.82, 2.24) is 20.5 Å². The molecular formula is C29H32FN5O5S. The fraction of sp³-hybridized carbons (Fsp3) is 0.414. The van der Waals surface area contributed by atoms with Gasteiger partial charge in [0.25, 0.3) is 5.91 Å². The molecule has 0 spiro atoms. The Morgan fingerprint density at radius 2 is 2.05 bits per heavy atom. The zero-order valence-corrected chi connectivity index (χ0v) is 24.2. The van der Waals surface area contributed by atoms with Gasteiger partial charge in [-0.15, -0.1) is 11.3 Å². The topological polar surface area (TPSA) is 130 Å². The average Bonchev–Trinajstić information content (AvgIpc) is 3.48. The summed E-state index contributed by atoms with van der Waals surface area (Å²) < 4.78 is 22.1. The summed E-state index contributed by atoms with van der Waals surface area (Å²) in [7, 11) is 0. The van der Waals surface area contributed by atoms with Crippen LogP contribution in [0.1, 0.15) is 65.7 Å². The van der Waals surface area contributed by atoms with Crippen LogP contribution in [0.15, 0.2) is 24.3 Å². The molecule has 1 aromatic heterocycles. The van der Waals surface area contributed by atoms with Gasteiger partial charge in [0.05, 0.1) is 34.6 Å². The molecule has 0 aliphatic carbocycles. The van der Waals surface area contributed by atoms with Gasteiger partial charge in [-0.2, -0.15) is 0 Å². The number of hydrogen-bond acceptors (Lipinski definition) is 7. The third-order valence-corrected chi connectivity index (χ3v) is 8.62. The van der Waals surface area contributed by atoms with Crippen molar-refractivity contribution in [3.63, 3.8) is 0 Å². The average molecular weight is 582 g/mol. The highest BCUT2D eigenvalue weighted by Gasteiger charge is 2.40. The number of carbonyl (C=O) groups excluding carboxylic acids is 4. The first-order valence-electron chi connectivity index (χ1n) is 13.5. The van der Waals surface area contributed by atoms with Crippen LogP contribution in [-0.2, 0) is 32.8 Å². The number of rotatable bonds is 8. The molecule has 2 aromatic carbocycles. The van der Waals surface area contributed by atoms with Gasteiger partial charge >= 0.3 is 6.03 Å². The lowest BCUT2D eigenvalue weighted by Gasteiger charge is -2.29. The second-order valence-corrected chi connectivity index (χ2v) is 11.8. The second-order valence-electron chi connectivity index (χ2n) is 10.8. The normalized spacial score (nSPS) is 17.1. The molecule has 2 aliphatic rings. The number of carbonyl (C=O) groups is 4. The van der Waals surface area contributed by atoms with Crippen molar-refractivity contribution >= 4 is 51.0 Å². The fourth-order valence-electron chi connectivity index (χ4n) is 5.23. The van der Waals surface area contributed by atoms with Crippen molar-refractivity contribution in [3.8, 4) is 0 Å². The number of urea groups is 1. The molecule has 3 heterocycles. The number of imide groups is 1. The van der Waals surface area contributed by atoms with Crippen LogP contribution in [0.5, 0.6) is 0 Å². The predicted octanol–water partition coefficient (Wildman–Crippen LogP) is 4.14. The monoisotopic (exact) mass is 581 g/mol. The molecule has 10 nitrogen and oxygen atoms in total. The highest BCUT2D eigenvalue weighted by atomic mass is 32.1. The van der Waals surface area contributed by atoms with E-state index in [0.717, 1.165) is 27.8 Å². The molecule has 12 heteroatoms. The maximum Gasteiger partial charge on any atom is 0.320 e. The number of anilines is 1. The summed E-state index contributed by atoms with van der Waals surface area (Å²) in [5.41, 5.74) is 2.33. The van der Waals surface area contributed by atoms with Crippen molar-refractivity contribution in [3.05, 3.63) is 57.3 Å². The number of nitrogens with zero attached hydrogens (tertiary/aromatic N) is 2. The van der Waals surface area contributed by atoms with Crippen LogP contribution in [0.4, 0.5) is 14.9 Å². The molecule has 3 N–H and O–H groups in total. The standard InChI is InChI=1S/C29H32FN5O5S/c1-5-40-11-10-16-12-15(2)13-21-24(16)33-27(41-21)29(3,4)34-28(39)31-19-7-6-17-18(23(19)30)14-35(26(17)38)20-8-9-22(36)32-25(20)37/h6-7,12-13,20H,5,8-11,14H2,1-4H3,(H2,31,34,39)(H,32,36,37). The summed E-state index contributed by atoms with van der Waals surface area (Å²) in [6.45, 7) is 8.74. The lowest BCUT2D eigenvalue weighted by atomic mass is 10.0. The molecule has 5 amide bonds. The van der Waals surface area contributed by atoms with E-state index in [9.17, 15) is 19.2 Å². The molecule has 41 heavy (non-hydrogen) atoms. The Balaban J connectivity index is 1.31. The number of amides is 5. The Hall–Kier alpha value is -3.90. The van der Waals surface area contributed by atoms with Crippen LogP contribution >= 0.6 is 11.3 Å². The van der Waals surface area contributed by atoms with E-state index >= 15 is 4.39 Å². The highest BCUT2D eigenvalue weighted by molar-refractivity contribution is 7.18. The summed E-state index contributed by atoms with van der Waals surface area (Å²) in [5, 5.41) is 8.37. The van der Waals surface area contributed by atoms with Crippen LogP contribution < -0.4 is 16.0 Å². The van der Waals surface area contributed by atoms with Crippen LogP contribution in [0.3, 0.4) is 0 Å². The lowest BCUT2D eigenvalue weighted by Crippen LogP contribution is -2.52. The number of aryl methyl sites for hydroxylation is 1. The van der Waals surface area contributed by atoms with Gasteiger partial charge in [0.15, 0.2) is 5.82 Å². The number of aromatic nitrogens is 1. The Kier molecular flexibility index (Phi) is 7.80. The van der Waals surface area contributed by atoms with E-state index in [4.69, 9.17) is 9.72 Å². The van der Waals surface area contributed by atoms with Crippen LogP contribution in [-0.4, -0.2) is 52.9 Å². The van der Waals surface area contributed by atoms with E-state index in [1.54, 1.807) is 0 Å². The molecular weight excluding hydrogens is 549 g/mol. The number of piperidine rings is 1. The van der Waals surface area contributed by atoms with Crippen molar-refractivity contribution in [1.29, 1.82) is 0 Å². The van der Waals surface area contributed by atoms with Gasteiger partial charge in [-0.3, -0.25) is 19.7 Å². The van der Waals surface area contributed by atoms with Gasteiger partial charge in [-0.05, 0) is 69.9 Å². The van der Waals surface area contributed by atoms with Crippen LogP contribution in [0.2, 0.25) is 0 Å². The van der Waals surface area contributed by atoms with Crippen molar-refractivity contribution in [2.24, 2.45) is 0 Å². The highest BCUT2D eigenvalue weighted by Crippen LogP contribution is 2.34. The van der Waals surface area contributed by atoms with Gasteiger partial charge in [0.1, 0.15) is 11.0 Å². The largest absolute Gasteiger partial charge is 0.381 e. The van der Waals surface area contributed by atoms with Gasteiger partial charge in [-0.25, -0.2) is 14.2 Å². The first-order valence-corrected chi connectivity index (χ1v) is 14.3. The Morgan fingerprint density at radius 3 is 2.78 bits per heavy atom. The van der Waals surface area contributed by atoms with Crippen molar-refractivity contribution in [2.75, 3.05) is 18.5 Å². The summed E-state index contributed by atoms with van der Waals surface area (Å²) in [6, 6.07) is 5.44. The first-order chi connectivity index (χ1) is 19.5. The minimum absolute atomic E-state index is 0.0897. The molecule has 3 aromatic rings. The molecule has 2 aliphatic heterocycles. The summed E-state index contributed by atoms with van der Waals surface area (Å²) in [4.78, 5) is 55.9. The number of nitrogens with one attached hydrogen (secondary N) is 3. The van der Waals surface area contributed by atoms with Crippen molar-refractivity contribution in [2.45, 2.75) is 65.1 Å². The molecule has 0 bridgehead atoms. The minimum Gasteiger partial charge on any atom is -0.381 e. The Labute approximate surface area is 240 Å².